The maximum Gasteiger partial charge on any atom is 0.338 e. The molecule has 19 atom stereocenters. The van der Waals surface area contributed by atoms with E-state index in [1.54, 1.807) is 80.1 Å². The van der Waals surface area contributed by atoms with Gasteiger partial charge in [-0.25, -0.2) is 14.4 Å². The number of carbonyl (C=O) groups excluding carboxylic acids is 3. The third-order valence-corrected chi connectivity index (χ3v) is 14.3. The highest BCUT2D eigenvalue weighted by atomic mass is 16.8. The SMILES string of the molecule is C=CCC(O)[C@H](OC)[C@H]1OC(C)(C)O[C@H]1CO.C=CCC1(O)OC[C@@H]2OC(C)(C)O[C@@H]2[C@H]1OC.C=CC[C@@H]1OC(=O)[C@@H]2OC(C)(C)O[C@@H]2[C@H]1OC.C=CC[C@H]1OC(=O)[C@@H]2OC(C)(C)O[C@@H]2[C@H]1OC.CO[C@H]1C(=O)OC[C@@H]2OC(C)(C)O[C@@H]21. The van der Waals surface area contributed by atoms with E-state index in [4.69, 9.17) is 90.0 Å². The van der Waals surface area contributed by atoms with Gasteiger partial charge in [0.1, 0.15) is 92.1 Å². The molecule has 470 valence electrons. The minimum atomic E-state index is -1.39. The minimum absolute atomic E-state index is 0.172. The highest BCUT2D eigenvalue weighted by molar-refractivity contribution is 5.78. The van der Waals surface area contributed by atoms with Crippen LogP contribution in [0.15, 0.2) is 50.6 Å². The molecule has 0 spiro atoms. The maximum atomic E-state index is 11.8. The summed E-state index contributed by atoms with van der Waals surface area (Å²) in [6.07, 6.45) is 0.190. The Labute approximate surface area is 481 Å². The standard InChI is InChI=1S/C12H20O5.2C12H18O5.C12H22O5.C9H14O5/c1-5-6-12(13)10(14-4)9-8(7-15-12)16-11(2,3)17-9;2*1-5-6-7-8(14-4)9-10(11(13)15-7)17-12(2,3)16-9;1-5-6-8(14)10(15-4)11-9(7-13)16-12(2,3)17-11;1-9(2)13-5-4-12-8(10)7(11-3)6(5)14-9/h5,8-10,13H,1,6-7H2,2-4H3;2*5,7-10H,1,6H2,2-4H3;5,8-11,13-14H,1,6-7H2,2-4H3;5-7H,4H2,1-3H3/t8-,9-,10+,12?;7-,8+,9-,10-;7-,8-,9+,10+;8?,9-,10-,11-;5-,6-,7+/m01000/s1. The zero-order chi connectivity index (χ0) is 61.3. The normalized spacial score (nSPS) is 39.0. The summed E-state index contributed by atoms with van der Waals surface area (Å²) in [6, 6.07) is 0. The van der Waals surface area contributed by atoms with Crippen molar-refractivity contribution in [3.63, 3.8) is 0 Å². The Morgan fingerprint density at radius 3 is 1.44 bits per heavy atom. The van der Waals surface area contributed by atoms with Crippen molar-refractivity contribution >= 4 is 17.9 Å². The van der Waals surface area contributed by atoms with Gasteiger partial charge in [-0.3, -0.25) is 0 Å². The van der Waals surface area contributed by atoms with E-state index in [9.17, 15) is 29.7 Å². The molecule has 9 aliphatic rings. The predicted molar refractivity (Wildman–Crippen MR) is 287 cm³/mol. The van der Waals surface area contributed by atoms with Gasteiger partial charge in [0.05, 0.1) is 19.3 Å². The molecule has 0 bridgehead atoms. The third kappa shape index (κ3) is 17.0. The predicted octanol–water partition coefficient (Wildman–Crippen LogP) is 3.39. The third-order valence-electron chi connectivity index (χ3n) is 14.3. The molecule has 0 radical (unpaired) electrons. The highest BCUT2D eigenvalue weighted by Gasteiger charge is 2.59. The molecule has 0 aliphatic carbocycles. The fourth-order valence-corrected chi connectivity index (χ4v) is 11.1. The van der Waals surface area contributed by atoms with Gasteiger partial charge in [0.25, 0.3) is 0 Å². The Hall–Kier alpha value is -3.39. The van der Waals surface area contributed by atoms with Crippen molar-refractivity contribution < 1.29 is 120 Å². The van der Waals surface area contributed by atoms with Gasteiger partial charge >= 0.3 is 17.9 Å². The Kier molecular flexibility index (Phi) is 24.4. The average Bonchev–Trinajstić information content (AvgIpc) is 4.39. The number of esters is 3. The molecule has 9 saturated heterocycles. The second-order valence-electron chi connectivity index (χ2n) is 22.9. The largest absolute Gasteiger partial charge is 0.461 e. The Morgan fingerprint density at radius 1 is 0.549 bits per heavy atom. The first kappa shape index (κ1) is 69.4. The molecule has 82 heavy (non-hydrogen) atoms. The number of aliphatic hydroxyl groups is 3. The molecule has 0 aromatic heterocycles. The minimum Gasteiger partial charge on any atom is -0.461 e. The smallest absolute Gasteiger partial charge is 0.338 e. The van der Waals surface area contributed by atoms with E-state index in [1.165, 1.54) is 21.3 Å². The summed E-state index contributed by atoms with van der Waals surface area (Å²) in [5.74, 6) is -6.22. The molecule has 3 N–H and O–H groups in total. The fourth-order valence-electron chi connectivity index (χ4n) is 11.1. The van der Waals surface area contributed by atoms with Crippen molar-refractivity contribution in [2.45, 2.75) is 240 Å². The molecule has 25 nitrogen and oxygen atoms in total. The van der Waals surface area contributed by atoms with Gasteiger partial charge in [0.15, 0.2) is 53.0 Å². The lowest BCUT2D eigenvalue weighted by molar-refractivity contribution is -0.310. The molecule has 25 heteroatoms. The Morgan fingerprint density at radius 2 is 1.01 bits per heavy atom. The lowest BCUT2D eigenvalue weighted by Crippen LogP contribution is -2.60. The van der Waals surface area contributed by atoms with Crippen molar-refractivity contribution in [3.05, 3.63) is 50.6 Å². The van der Waals surface area contributed by atoms with Gasteiger partial charge < -0.3 is 105 Å². The van der Waals surface area contributed by atoms with Crippen LogP contribution in [0.2, 0.25) is 0 Å². The van der Waals surface area contributed by atoms with Crippen LogP contribution < -0.4 is 0 Å². The molecule has 0 amide bonds. The highest BCUT2D eigenvalue weighted by Crippen LogP contribution is 2.42. The number of carbonyl (C=O) groups is 3. The Balaban J connectivity index is 0.000000188. The molecule has 0 saturated carbocycles. The molecular formula is C57H92O25. The van der Waals surface area contributed by atoms with E-state index in [2.05, 4.69) is 26.3 Å². The monoisotopic (exact) mass is 1180 g/mol. The number of methoxy groups -OCH3 is 5. The van der Waals surface area contributed by atoms with Crippen LogP contribution >= 0.6 is 0 Å². The van der Waals surface area contributed by atoms with E-state index < -0.39 is 95.8 Å². The van der Waals surface area contributed by atoms with E-state index >= 15 is 0 Å². The molecule has 0 aromatic rings. The first-order valence-electron chi connectivity index (χ1n) is 27.5. The molecule has 9 aliphatic heterocycles. The summed E-state index contributed by atoms with van der Waals surface area (Å²) < 4.78 is 104. The summed E-state index contributed by atoms with van der Waals surface area (Å²) in [7, 11) is 7.64. The van der Waals surface area contributed by atoms with Gasteiger partial charge in [0, 0.05) is 54.8 Å². The van der Waals surface area contributed by atoms with Crippen molar-refractivity contribution in [2.24, 2.45) is 0 Å². The van der Waals surface area contributed by atoms with Crippen LogP contribution in [-0.4, -0.2) is 233 Å². The van der Waals surface area contributed by atoms with Gasteiger partial charge in [-0.1, -0.05) is 24.3 Å². The second kappa shape index (κ2) is 28.9. The number of hydrogen-bond donors (Lipinski definition) is 3. The lowest BCUT2D eigenvalue weighted by atomic mass is 9.94. The van der Waals surface area contributed by atoms with Gasteiger partial charge in [0.2, 0.25) is 0 Å². The number of hydrogen-bond acceptors (Lipinski definition) is 25. The molecule has 9 rings (SSSR count). The number of rotatable bonds is 16. The van der Waals surface area contributed by atoms with Gasteiger partial charge in [-0.15, -0.1) is 26.3 Å². The number of cyclic esters (lactones) is 3. The van der Waals surface area contributed by atoms with Crippen LogP contribution in [0.5, 0.6) is 0 Å². The number of ether oxygens (including phenoxy) is 19. The van der Waals surface area contributed by atoms with Crippen LogP contribution in [0.25, 0.3) is 0 Å². The summed E-state index contributed by atoms with van der Waals surface area (Å²) in [6.45, 7) is 32.7. The van der Waals surface area contributed by atoms with Crippen LogP contribution in [0, 0.1) is 0 Å². The topological polar surface area (TPSA) is 287 Å². The summed E-state index contributed by atoms with van der Waals surface area (Å²) in [5, 5.41) is 29.6. The van der Waals surface area contributed by atoms with Crippen LogP contribution in [0.1, 0.15) is 94.9 Å². The van der Waals surface area contributed by atoms with Gasteiger partial charge in [-0.2, -0.15) is 0 Å². The van der Waals surface area contributed by atoms with Crippen molar-refractivity contribution in [1.29, 1.82) is 0 Å². The molecule has 9 fully saturated rings. The summed E-state index contributed by atoms with van der Waals surface area (Å²) in [5.41, 5.74) is 0. The van der Waals surface area contributed by atoms with E-state index in [0.29, 0.717) is 25.7 Å². The zero-order valence-corrected chi connectivity index (χ0v) is 50.3. The maximum absolute atomic E-state index is 11.8. The number of fused-ring (bicyclic) bond motifs is 4. The summed E-state index contributed by atoms with van der Waals surface area (Å²) in [4.78, 5) is 34.9. The van der Waals surface area contributed by atoms with E-state index in [0.717, 1.165) is 0 Å². The Bertz CT molecular complexity index is 2050. The molecule has 2 unspecified atom stereocenters. The first-order valence-corrected chi connectivity index (χ1v) is 27.5. The zero-order valence-electron chi connectivity index (χ0n) is 50.3. The van der Waals surface area contributed by atoms with Crippen LogP contribution in [-0.2, 0) is 104 Å². The summed E-state index contributed by atoms with van der Waals surface area (Å²) >= 11 is 0. The molecular weight excluding hydrogens is 1080 g/mol. The first-order chi connectivity index (χ1) is 38.4. The fraction of sp³-hybridized carbons (Fsp3) is 0.807. The van der Waals surface area contributed by atoms with E-state index in [-0.39, 0.29) is 86.6 Å². The molecule has 0 aromatic carbocycles. The van der Waals surface area contributed by atoms with Crippen LogP contribution in [0.3, 0.4) is 0 Å². The van der Waals surface area contributed by atoms with Crippen molar-refractivity contribution in [3.8, 4) is 0 Å². The second-order valence-corrected chi connectivity index (χ2v) is 22.9. The van der Waals surface area contributed by atoms with Crippen molar-refractivity contribution in [1.82, 2.24) is 0 Å². The lowest BCUT2D eigenvalue weighted by Gasteiger charge is -2.42. The van der Waals surface area contributed by atoms with Crippen molar-refractivity contribution in [2.75, 3.05) is 55.4 Å². The van der Waals surface area contributed by atoms with Crippen LogP contribution in [0.4, 0.5) is 0 Å². The average molecular weight is 1180 g/mol. The molecule has 9 heterocycles. The quantitative estimate of drug-likeness (QED) is 0.113. The van der Waals surface area contributed by atoms with Gasteiger partial charge in [-0.05, 0) is 75.7 Å². The number of aliphatic hydroxyl groups excluding tert-OH is 2. The van der Waals surface area contributed by atoms with E-state index in [1.807, 2.05) is 27.7 Å².